The Labute approximate surface area is 110 Å². The minimum Gasteiger partial charge on any atom is -0.324 e. The van der Waals surface area contributed by atoms with E-state index >= 15 is 0 Å². The number of anilines is 1. The zero-order valence-corrected chi connectivity index (χ0v) is 11.9. The summed E-state index contributed by atoms with van der Waals surface area (Å²) in [6, 6.07) is 5.40. The van der Waals surface area contributed by atoms with Crippen molar-refractivity contribution in [3.8, 4) is 0 Å². The summed E-state index contributed by atoms with van der Waals surface area (Å²) in [5.41, 5.74) is 0.271. The number of hydrogen-bond acceptors (Lipinski definition) is 1. The smallest absolute Gasteiger partial charge is 0.230 e. The van der Waals surface area contributed by atoms with Crippen molar-refractivity contribution in [2.75, 3.05) is 5.32 Å². The second-order valence-electron chi connectivity index (χ2n) is 4.32. The van der Waals surface area contributed by atoms with E-state index in [1.807, 2.05) is 26.8 Å². The van der Waals surface area contributed by atoms with Crippen LogP contribution in [0.15, 0.2) is 22.7 Å². The standard InChI is InChI=1S/C12H15BrClNO/c1-4-12(2,3)11(16)15-10-6-5-8(13)7-9(10)14/h5-7H,4H2,1-3H3,(H,15,16). The van der Waals surface area contributed by atoms with Gasteiger partial charge >= 0.3 is 0 Å². The van der Waals surface area contributed by atoms with E-state index in [-0.39, 0.29) is 11.3 Å². The van der Waals surface area contributed by atoms with Crippen molar-refractivity contribution in [2.24, 2.45) is 5.41 Å². The maximum Gasteiger partial charge on any atom is 0.230 e. The van der Waals surface area contributed by atoms with Crippen LogP contribution in [0.2, 0.25) is 5.02 Å². The van der Waals surface area contributed by atoms with Gasteiger partial charge in [0, 0.05) is 9.89 Å². The van der Waals surface area contributed by atoms with Crippen LogP contribution in [-0.4, -0.2) is 5.91 Å². The van der Waals surface area contributed by atoms with Gasteiger partial charge in [-0.2, -0.15) is 0 Å². The summed E-state index contributed by atoms with van der Waals surface area (Å²) in [6.07, 6.45) is 0.785. The van der Waals surface area contributed by atoms with Gasteiger partial charge < -0.3 is 5.32 Å². The first-order valence-electron chi connectivity index (χ1n) is 5.13. The average Bonchev–Trinajstić information content (AvgIpc) is 2.22. The maximum absolute atomic E-state index is 11.9. The molecule has 0 bridgehead atoms. The first-order chi connectivity index (χ1) is 7.36. The highest BCUT2D eigenvalue weighted by Crippen LogP contribution is 2.28. The van der Waals surface area contributed by atoms with Gasteiger partial charge in [0.25, 0.3) is 0 Å². The molecule has 0 aliphatic rings. The quantitative estimate of drug-likeness (QED) is 0.876. The zero-order valence-electron chi connectivity index (χ0n) is 9.60. The molecule has 0 spiro atoms. The summed E-state index contributed by atoms with van der Waals surface area (Å²) in [5, 5.41) is 3.37. The van der Waals surface area contributed by atoms with Crippen LogP contribution in [0, 0.1) is 5.41 Å². The highest BCUT2D eigenvalue weighted by Gasteiger charge is 2.25. The fraction of sp³-hybridized carbons (Fsp3) is 0.417. The zero-order chi connectivity index (χ0) is 12.3. The molecule has 0 radical (unpaired) electrons. The molecule has 0 aliphatic carbocycles. The third-order valence-electron chi connectivity index (χ3n) is 2.68. The number of benzene rings is 1. The molecule has 0 atom stereocenters. The van der Waals surface area contributed by atoms with Gasteiger partial charge in [0.05, 0.1) is 10.7 Å². The van der Waals surface area contributed by atoms with E-state index < -0.39 is 0 Å². The maximum atomic E-state index is 11.9. The van der Waals surface area contributed by atoms with Crippen molar-refractivity contribution in [2.45, 2.75) is 27.2 Å². The number of rotatable bonds is 3. The Morgan fingerprint density at radius 3 is 2.62 bits per heavy atom. The van der Waals surface area contributed by atoms with Crippen LogP contribution in [0.3, 0.4) is 0 Å². The van der Waals surface area contributed by atoms with E-state index in [9.17, 15) is 4.79 Å². The monoisotopic (exact) mass is 303 g/mol. The van der Waals surface area contributed by atoms with Gasteiger partial charge in [-0.25, -0.2) is 0 Å². The van der Waals surface area contributed by atoms with Crippen molar-refractivity contribution < 1.29 is 4.79 Å². The van der Waals surface area contributed by atoms with Crippen molar-refractivity contribution in [1.29, 1.82) is 0 Å². The molecular formula is C12H15BrClNO. The minimum absolute atomic E-state index is 0.0146. The predicted octanol–water partition coefficient (Wildman–Crippen LogP) is 4.48. The Hall–Kier alpha value is -0.540. The summed E-state index contributed by atoms with van der Waals surface area (Å²) < 4.78 is 0.894. The Bertz CT molecular complexity index is 404. The van der Waals surface area contributed by atoms with Gasteiger partial charge in [0.1, 0.15) is 0 Å². The fourth-order valence-electron chi connectivity index (χ4n) is 1.04. The van der Waals surface area contributed by atoms with Gasteiger partial charge in [-0.3, -0.25) is 4.79 Å². The molecule has 0 fully saturated rings. The summed E-state index contributed by atoms with van der Waals surface area (Å²) >= 11 is 9.34. The van der Waals surface area contributed by atoms with Gasteiger partial charge in [-0.15, -0.1) is 0 Å². The molecule has 0 aromatic heterocycles. The second kappa shape index (κ2) is 5.19. The van der Waals surface area contributed by atoms with Crippen molar-refractivity contribution >= 4 is 39.1 Å². The summed E-state index contributed by atoms with van der Waals surface area (Å²) in [4.78, 5) is 11.9. The molecule has 1 aromatic carbocycles. The Kier molecular flexibility index (Phi) is 4.39. The molecule has 0 saturated carbocycles. The largest absolute Gasteiger partial charge is 0.324 e. The summed E-state index contributed by atoms with van der Waals surface area (Å²) in [7, 11) is 0. The van der Waals surface area contributed by atoms with Gasteiger partial charge in [0.15, 0.2) is 0 Å². The molecule has 88 valence electrons. The molecule has 2 nitrogen and oxygen atoms in total. The lowest BCUT2D eigenvalue weighted by molar-refractivity contribution is -0.124. The lowest BCUT2D eigenvalue weighted by Gasteiger charge is -2.21. The van der Waals surface area contributed by atoms with E-state index in [0.717, 1.165) is 10.9 Å². The number of nitrogens with one attached hydrogen (secondary N) is 1. The highest BCUT2D eigenvalue weighted by atomic mass is 79.9. The molecule has 1 amide bonds. The molecule has 1 aromatic rings. The molecule has 4 heteroatoms. The molecule has 1 N–H and O–H groups in total. The molecule has 1 rings (SSSR count). The number of halogens is 2. The third kappa shape index (κ3) is 3.22. The first-order valence-corrected chi connectivity index (χ1v) is 6.30. The predicted molar refractivity (Wildman–Crippen MR) is 71.9 cm³/mol. The van der Waals surface area contributed by atoms with Crippen LogP contribution in [0.5, 0.6) is 0 Å². The Morgan fingerprint density at radius 2 is 2.12 bits per heavy atom. The average molecular weight is 305 g/mol. The Balaban J connectivity index is 2.85. The van der Waals surface area contributed by atoms with Crippen LogP contribution in [0.1, 0.15) is 27.2 Å². The van der Waals surface area contributed by atoms with E-state index in [2.05, 4.69) is 21.2 Å². The van der Waals surface area contributed by atoms with Gasteiger partial charge in [0.2, 0.25) is 5.91 Å². The van der Waals surface area contributed by atoms with E-state index in [4.69, 9.17) is 11.6 Å². The van der Waals surface area contributed by atoms with E-state index in [0.29, 0.717) is 10.7 Å². The van der Waals surface area contributed by atoms with Crippen molar-refractivity contribution in [3.63, 3.8) is 0 Å². The topological polar surface area (TPSA) is 29.1 Å². The molecule has 0 saturated heterocycles. The minimum atomic E-state index is -0.379. The Morgan fingerprint density at radius 1 is 1.50 bits per heavy atom. The lowest BCUT2D eigenvalue weighted by Crippen LogP contribution is -2.30. The van der Waals surface area contributed by atoms with Crippen LogP contribution < -0.4 is 5.32 Å². The van der Waals surface area contributed by atoms with Crippen molar-refractivity contribution in [3.05, 3.63) is 27.7 Å². The number of amides is 1. The first kappa shape index (κ1) is 13.5. The SMILES string of the molecule is CCC(C)(C)C(=O)Nc1ccc(Br)cc1Cl. The van der Waals surface area contributed by atoms with Crippen molar-refractivity contribution in [1.82, 2.24) is 0 Å². The van der Waals surface area contributed by atoms with E-state index in [1.54, 1.807) is 12.1 Å². The molecule has 16 heavy (non-hydrogen) atoms. The van der Waals surface area contributed by atoms with Crippen LogP contribution in [-0.2, 0) is 4.79 Å². The molecule has 0 aliphatic heterocycles. The molecule has 0 unspecified atom stereocenters. The van der Waals surface area contributed by atoms with Gasteiger partial charge in [-0.05, 0) is 24.6 Å². The lowest BCUT2D eigenvalue weighted by atomic mass is 9.89. The third-order valence-corrected chi connectivity index (χ3v) is 3.48. The fourth-order valence-corrected chi connectivity index (χ4v) is 1.76. The van der Waals surface area contributed by atoms with Gasteiger partial charge in [-0.1, -0.05) is 48.3 Å². The van der Waals surface area contributed by atoms with Crippen LogP contribution >= 0.6 is 27.5 Å². The summed E-state index contributed by atoms with van der Waals surface area (Å²) in [5.74, 6) is -0.0146. The second-order valence-corrected chi connectivity index (χ2v) is 5.64. The molecular weight excluding hydrogens is 289 g/mol. The van der Waals surface area contributed by atoms with Crippen LogP contribution in [0.25, 0.3) is 0 Å². The highest BCUT2D eigenvalue weighted by molar-refractivity contribution is 9.10. The number of carbonyl (C=O) groups excluding carboxylic acids is 1. The number of carbonyl (C=O) groups is 1. The van der Waals surface area contributed by atoms with Crippen LogP contribution in [0.4, 0.5) is 5.69 Å². The molecule has 0 heterocycles. The van der Waals surface area contributed by atoms with E-state index in [1.165, 1.54) is 0 Å². The normalized spacial score (nSPS) is 11.3. The number of hydrogen-bond donors (Lipinski definition) is 1. The summed E-state index contributed by atoms with van der Waals surface area (Å²) in [6.45, 7) is 5.81.